The normalized spacial score (nSPS) is 16.4. The fourth-order valence-electron chi connectivity index (χ4n) is 1.78. The van der Waals surface area contributed by atoms with Gasteiger partial charge >= 0.3 is 12.0 Å². The molecule has 2 amide bonds. The highest BCUT2D eigenvalue weighted by Crippen LogP contribution is 2.27. The summed E-state index contributed by atoms with van der Waals surface area (Å²) in [6.45, 7) is 4.66. The maximum Gasteiger partial charge on any atom is 0.323 e. The Kier molecular flexibility index (Phi) is 4.78. The maximum atomic E-state index is 12.1. The predicted octanol–water partition coefficient (Wildman–Crippen LogP) is 1.63. The number of rotatable bonds is 6. The predicted molar refractivity (Wildman–Crippen MR) is 64.8 cm³/mol. The van der Waals surface area contributed by atoms with Gasteiger partial charge in [-0.2, -0.15) is 0 Å². The van der Waals surface area contributed by atoms with Crippen LogP contribution in [0.2, 0.25) is 0 Å². The first-order valence-electron chi connectivity index (χ1n) is 6.19. The van der Waals surface area contributed by atoms with Crippen LogP contribution in [0.1, 0.15) is 33.1 Å². The first kappa shape index (κ1) is 13.8. The molecule has 0 aliphatic heterocycles. The third kappa shape index (κ3) is 4.24. The van der Waals surface area contributed by atoms with E-state index in [0.29, 0.717) is 12.5 Å². The number of urea groups is 1. The summed E-state index contributed by atoms with van der Waals surface area (Å²) in [4.78, 5) is 25.9. The Morgan fingerprint density at radius 2 is 2.00 bits per heavy atom. The van der Waals surface area contributed by atoms with Crippen molar-refractivity contribution in [3.8, 4) is 0 Å². The zero-order chi connectivity index (χ0) is 13.0. The zero-order valence-electron chi connectivity index (χ0n) is 10.8. The Morgan fingerprint density at radius 3 is 2.41 bits per heavy atom. The van der Waals surface area contributed by atoms with Gasteiger partial charge in [-0.3, -0.25) is 4.79 Å². The summed E-state index contributed by atoms with van der Waals surface area (Å²) < 4.78 is 0. The smallest absolute Gasteiger partial charge is 0.323 e. The van der Waals surface area contributed by atoms with Gasteiger partial charge in [0, 0.05) is 19.6 Å². The molecule has 0 aromatic heterocycles. The molecule has 0 aromatic rings. The Bertz CT molecular complexity index is 289. The SMILES string of the molecule is CCC(C)CN(C)C(=O)N(CC(=O)O)C1CC1. The Hall–Kier alpha value is -1.26. The quantitative estimate of drug-likeness (QED) is 0.770. The molecule has 0 heterocycles. The van der Waals surface area contributed by atoms with Crippen molar-refractivity contribution in [2.45, 2.75) is 39.2 Å². The van der Waals surface area contributed by atoms with Crippen LogP contribution in [0.3, 0.4) is 0 Å². The highest BCUT2D eigenvalue weighted by atomic mass is 16.4. The van der Waals surface area contributed by atoms with Crippen molar-refractivity contribution in [3.63, 3.8) is 0 Å². The van der Waals surface area contributed by atoms with Crippen LogP contribution in [0.5, 0.6) is 0 Å². The Morgan fingerprint density at radius 1 is 1.41 bits per heavy atom. The van der Waals surface area contributed by atoms with Gasteiger partial charge in [0.25, 0.3) is 0 Å². The number of carbonyl (C=O) groups excluding carboxylic acids is 1. The highest BCUT2D eigenvalue weighted by Gasteiger charge is 2.35. The lowest BCUT2D eigenvalue weighted by atomic mass is 10.1. The van der Waals surface area contributed by atoms with Gasteiger partial charge in [-0.25, -0.2) is 4.79 Å². The van der Waals surface area contributed by atoms with E-state index in [1.807, 2.05) is 0 Å². The molecule has 98 valence electrons. The largest absolute Gasteiger partial charge is 0.480 e. The second-order valence-electron chi connectivity index (χ2n) is 4.93. The molecule has 1 aliphatic carbocycles. The molecule has 0 spiro atoms. The minimum Gasteiger partial charge on any atom is -0.480 e. The van der Waals surface area contributed by atoms with E-state index in [0.717, 1.165) is 19.3 Å². The molecule has 0 radical (unpaired) electrons. The van der Waals surface area contributed by atoms with Gasteiger partial charge in [0.15, 0.2) is 0 Å². The summed E-state index contributed by atoms with van der Waals surface area (Å²) in [5.41, 5.74) is 0. The minimum absolute atomic E-state index is 0.137. The number of carboxylic acid groups (broad SMARTS) is 1. The van der Waals surface area contributed by atoms with Gasteiger partial charge in [-0.15, -0.1) is 0 Å². The van der Waals surface area contributed by atoms with Crippen molar-refractivity contribution in [1.29, 1.82) is 0 Å². The number of amides is 2. The second-order valence-corrected chi connectivity index (χ2v) is 4.93. The van der Waals surface area contributed by atoms with E-state index in [2.05, 4.69) is 13.8 Å². The number of hydrogen-bond acceptors (Lipinski definition) is 2. The fraction of sp³-hybridized carbons (Fsp3) is 0.833. The molecule has 1 fully saturated rings. The summed E-state index contributed by atoms with van der Waals surface area (Å²) in [7, 11) is 1.74. The van der Waals surface area contributed by atoms with E-state index in [4.69, 9.17) is 5.11 Å². The number of nitrogens with zero attached hydrogens (tertiary/aromatic N) is 2. The first-order valence-corrected chi connectivity index (χ1v) is 6.19. The monoisotopic (exact) mass is 242 g/mol. The molecule has 17 heavy (non-hydrogen) atoms. The van der Waals surface area contributed by atoms with E-state index in [-0.39, 0.29) is 18.6 Å². The first-order chi connectivity index (χ1) is 7.95. The highest BCUT2D eigenvalue weighted by molar-refractivity contribution is 5.80. The molecular weight excluding hydrogens is 220 g/mol. The summed E-state index contributed by atoms with van der Waals surface area (Å²) >= 11 is 0. The van der Waals surface area contributed by atoms with Gasteiger partial charge in [-0.05, 0) is 18.8 Å². The summed E-state index contributed by atoms with van der Waals surface area (Å²) in [6.07, 6.45) is 2.87. The van der Waals surface area contributed by atoms with Crippen LogP contribution in [-0.2, 0) is 4.79 Å². The van der Waals surface area contributed by atoms with Gasteiger partial charge in [0.2, 0.25) is 0 Å². The lowest BCUT2D eigenvalue weighted by Crippen LogP contribution is -2.46. The van der Waals surface area contributed by atoms with E-state index in [9.17, 15) is 9.59 Å². The summed E-state index contributed by atoms with van der Waals surface area (Å²) in [6, 6.07) is -0.0202. The van der Waals surface area contributed by atoms with Gasteiger partial charge in [0.1, 0.15) is 6.54 Å². The molecular formula is C12H22N2O3. The molecule has 1 rings (SSSR count). The van der Waals surface area contributed by atoms with E-state index < -0.39 is 5.97 Å². The molecule has 5 nitrogen and oxygen atoms in total. The number of aliphatic carboxylic acids is 1. The minimum atomic E-state index is -0.942. The van der Waals surface area contributed by atoms with Crippen LogP contribution in [-0.4, -0.2) is 53.1 Å². The molecule has 0 aromatic carbocycles. The molecule has 0 saturated heterocycles. The fourth-order valence-corrected chi connectivity index (χ4v) is 1.78. The van der Waals surface area contributed by atoms with Crippen molar-refractivity contribution in [1.82, 2.24) is 9.80 Å². The Balaban J connectivity index is 2.54. The van der Waals surface area contributed by atoms with Gasteiger partial charge < -0.3 is 14.9 Å². The zero-order valence-corrected chi connectivity index (χ0v) is 10.8. The maximum absolute atomic E-state index is 12.1. The molecule has 1 aliphatic rings. The standard InChI is InChI=1S/C12H22N2O3/c1-4-9(2)7-13(3)12(17)14(8-11(15)16)10-5-6-10/h9-10H,4-8H2,1-3H3,(H,15,16). The van der Waals surface area contributed by atoms with Crippen LogP contribution < -0.4 is 0 Å². The number of hydrogen-bond donors (Lipinski definition) is 1. The van der Waals surface area contributed by atoms with Crippen LogP contribution in [0, 0.1) is 5.92 Å². The number of carboxylic acids is 1. The van der Waals surface area contributed by atoms with Gasteiger partial charge in [0.05, 0.1) is 0 Å². The average molecular weight is 242 g/mol. The van der Waals surface area contributed by atoms with Crippen molar-refractivity contribution in [2.75, 3.05) is 20.1 Å². The van der Waals surface area contributed by atoms with E-state index in [1.54, 1.807) is 11.9 Å². The topological polar surface area (TPSA) is 60.9 Å². The van der Waals surface area contributed by atoms with Crippen LogP contribution in [0.4, 0.5) is 4.79 Å². The average Bonchev–Trinajstić information content (AvgIpc) is 3.08. The van der Waals surface area contributed by atoms with Crippen LogP contribution in [0.15, 0.2) is 0 Å². The van der Waals surface area contributed by atoms with Crippen LogP contribution >= 0.6 is 0 Å². The summed E-state index contributed by atoms with van der Waals surface area (Å²) in [5, 5.41) is 8.81. The van der Waals surface area contributed by atoms with Crippen molar-refractivity contribution >= 4 is 12.0 Å². The van der Waals surface area contributed by atoms with Crippen LogP contribution in [0.25, 0.3) is 0 Å². The van der Waals surface area contributed by atoms with Crippen molar-refractivity contribution in [3.05, 3.63) is 0 Å². The lowest BCUT2D eigenvalue weighted by Gasteiger charge is -2.28. The second kappa shape index (κ2) is 5.89. The molecule has 1 saturated carbocycles. The van der Waals surface area contributed by atoms with E-state index in [1.165, 1.54) is 4.90 Å². The van der Waals surface area contributed by atoms with E-state index >= 15 is 0 Å². The molecule has 1 atom stereocenters. The third-order valence-electron chi connectivity index (χ3n) is 3.15. The molecule has 5 heteroatoms. The molecule has 1 N–H and O–H groups in total. The van der Waals surface area contributed by atoms with Gasteiger partial charge in [-0.1, -0.05) is 20.3 Å². The Labute approximate surface area is 102 Å². The molecule has 1 unspecified atom stereocenters. The number of carbonyl (C=O) groups is 2. The van der Waals surface area contributed by atoms with Crippen molar-refractivity contribution in [2.24, 2.45) is 5.92 Å². The van der Waals surface area contributed by atoms with Crippen molar-refractivity contribution < 1.29 is 14.7 Å². The lowest BCUT2D eigenvalue weighted by molar-refractivity contribution is -0.137. The summed E-state index contributed by atoms with van der Waals surface area (Å²) in [5.74, 6) is -0.503. The molecule has 0 bridgehead atoms. The third-order valence-corrected chi connectivity index (χ3v) is 3.15.